The number of carbonyl (C=O) groups is 1. The first-order valence-corrected chi connectivity index (χ1v) is 6.55. The molecule has 1 heterocycles. The van der Waals surface area contributed by atoms with Crippen LogP contribution < -0.4 is 9.47 Å². The fourth-order valence-electron chi connectivity index (χ4n) is 2.04. The van der Waals surface area contributed by atoms with Crippen LogP contribution in [0.25, 0.3) is 11.3 Å². The molecule has 0 aliphatic heterocycles. The molecule has 0 spiro atoms. The summed E-state index contributed by atoms with van der Waals surface area (Å²) in [5.41, 5.74) is 0.590. The summed E-state index contributed by atoms with van der Waals surface area (Å²) in [6.45, 7) is 1.78. The molecule has 2 aromatic rings. The van der Waals surface area contributed by atoms with Gasteiger partial charge in [-0.2, -0.15) is 0 Å². The highest BCUT2D eigenvalue weighted by molar-refractivity contribution is 6.35. The van der Waals surface area contributed by atoms with Crippen molar-refractivity contribution in [3.8, 4) is 22.8 Å². The van der Waals surface area contributed by atoms with Crippen LogP contribution in [0, 0.1) is 0 Å². The lowest BCUT2D eigenvalue weighted by atomic mass is 10.0. The quantitative estimate of drug-likeness (QED) is 0.912. The Morgan fingerprint density at radius 1 is 1.38 bits per heavy atom. The van der Waals surface area contributed by atoms with E-state index < -0.39 is 5.97 Å². The number of carboxylic acid groups (broad SMARTS) is 1. The summed E-state index contributed by atoms with van der Waals surface area (Å²) in [7, 11) is 2.94. The zero-order valence-electron chi connectivity index (χ0n) is 11.8. The summed E-state index contributed by atoms with van der Waals surface area (Å²) in [6.07, 6.45) is 0.416. The van der Waals surface area contributed by atoms with Crippen molar-refractivity contribution in [1.29, 1.82) is 0 Å². The molecule has 0 unspecified atom stereocenters. The van der Waals surface area contributed by atoms with Gasteiger partial charge in [0.05, 0.1) is 19.2 Å². The van der Waals surface area contributed by atoms with E-state index in [1.807, 2.05) is 0 Å². The van der Waals surface area contributed by atoms with Gasteiger partial charge in [-0.1, -0.05) is 23.7 Å². The van der Waals surface area contributed by atoms with Crippen molar-refractivity contribution in [2.24, 2.45) is 0 Å². The van der Waals surface area contributed by atoms with Gasteiger partial charge in [-0.05, 0) is 12.1 Å². The normalized spacial score (nSPS) is 10.5. The molecule has 2 rings (SSSR count). The highest BCUT2D eigenvalue weighted by atomic mass is 35.5. The highest BCUT2D eigenvalue weighted by Crippen LogP contribution is 2.42. The van der Waals surface area contributed by atoms with Gasteiger partial charge in [-0.3, -0.25) is 0 Å². The van der Waals surface area contributed by atoms with Crippen molar-refractivity contribution in [1.82, 2.24) is 5.16 Å². The number of hydrogen-bond acceptors (Lipinski definition) is 5. The van der Waals surface area contributed by atoms with Crippen LogP contribution in [0.5, 0.6) is 11.5 Å². The molecule has 1 aromatic heterocycles. The third-order valence-electron chi connectivity index (χ3n) is 3.04. The number of nitrogens with zero attached hydrogens (tertiary/aromatic N) is 1. The van der Waals surface area contributed by atoms with Gasteiger partial charge in [0.1, 0.15) is 11.3 Å². The second-order valence-corrected chi connectivity index (χ2v) is 4.53. The molecule has 21 heavy (non-hydrogen) atoms. The molecule has 0 aliphatic carbocycles. The number of rotatable bonds is 5. The molecule has 1 N–H and O–H groups in total. The van der Waals surface area contributed by atoms with E-state index in [4.69, 9.17) is 25.6 Å². The molecule has 7 heteroatoms. The second-order valence-electron chi connectivity index (χ2n) is 4.15. The van der Waals surface area contributed by atoms with Gasteiger partial charge in [0, 0.05) is 12.0 Å². The zero-order valence-corrected chi connectivity index (χ0v) is 12.5. The first-order valence-electron chi connectivity index (χ1n) is 6.17. The second kappa shape index (κ2) is 6.05. The van der Waals surface area contributed by atoms with E-state index in [0.29, 0.717) is 29.2 Å². The summed E-state index contributed by atoms with van der Waals surface area (Å²) >= 11 is 6.28. The minimum atomic E-state index is -1.12. The van der Waals surface area contributed by atoms with Crippen LogP contribution in [0.3, 0.4) is 0 Å². The van der Waals surface area contributed by atoms with Crippen molar-refractivity contribution in [2.75, 3.05) is 14.2 Å². The molecule has 112 valence electrons. The average molecular weight is 312 g/mol. The van der Waals surface area contributed by atoms with Gasteiger partial charge < -0.3 is 19.1 Å². The van der Waals surface area contributed by atoms with Crippen LogP contribution in [0.15, 0.2) is 16.7 Å². The van der Waals surface area contributed by atoms with E-state index in [1.54, 1.807) is 19.1 Å². The lowest BCUT2D eigenvalue weighted by molar-refractivity contribution is 0.0695. The number of carboxylic acids is 1. The predicted octanol–water partition coefficient (Wildman–Crippen LogP) is 3.27. The Bertz CT molecular complexity index is 680. The van der Waals surface area contributed by atoms with Gasteiger partial charge in [-0.15, -0.1) is 0 Å². The van der Waals surface area contributed by atoms with Crippen LogP contribution in [0.4, 0.5) is 0 Å². The van der Waals surface area contributed by atoms with Crippen LogP contribution in [-0.2, 0) is 6.42 Å². The van der Waals surface area contributed by atoms with E-state index in [0.717, 1.165) is 0 Å². The summed E-state index contributed by atoms with van der Waals surface area (Å²) in [5.74, 6) is -0.0614. The van der Waals surface area contributed by atoms with Crippen molar-refractivity contribution >= 4 is 17.6 Å². The third kappa shape index (κ3) is 2.54. The number of methoxy groups -OCH3 is 2. The van der Waals surface area contributed by atoms with E-state index in [2.05, 4.69) is 5.16 Å². The first-order chi connectivity index (χ1) is 10.0. The third-order valence-corrected chi connectivity index (χ3v) is 3.41. The molecule has 0 fully saturated rings. The Labute approximate surface area is 126 Å². The number of aromatic carboxylic acids is 1. The first kappa shape index (κ1) is 15.2. The summed E-state index contributed by atoms with van der Waals surface area (Å²) < 4.78 is 15.4. The van der Waals surface area contributed by atoms with Crippen LogP contribution in [0.1, 0.15) is 23.0 Å². The number of aryl methyl sites for hydroxylation is 1. The summed E-state index contributed by atoms with van der Waals surface area (Å²) in [5, 5.41) is 13.4. The maximum absolute atomic E-state index is 11.4. The molecule has 0 bridgehead atoms. The Morgan fingerprint density at radius 3 is 2.62 bits per heavy atom. The number of hydrogen-bond donors (Lipinski definition) is 1. The van der Waals surface area contributed by atoms with Crippen LogP contribution in [0.2, 0.25) is 5.02 Å². The average Bonchev–Trinajstić information content (AvgIpc) is 2.90. The Hall–Kier alpha value is -2.21. The standard InChI is InChI=1S/C14H14ClNO5/c1-4-8-10(14(17)18)12(16-21-8)7-5-6-9(19-2)13(20-3)11(7)15/h5-6H,4H2,1-3H3,(H,17,18). The minimum absolute atomic E-state index is 0.00613. The SMILES string of the molecule is CCc1onc(-c2ccc(OC)c(OC)c2Cl)c1C(=O)O. The number of halogens is 1. The lowest BCUT2D eigenvalue weighted by Gasteiger charge is -2.11. The van der Waals surface area contributed by atoms with Crippen LogP contribution in [-0.4, -0.2) is 30.5 Å². The maximum atomic E-state index is 11.4. The van der Waals surface area contributed by atoms with Crippen molar-refractivity contribution in [2.45, 2.75) is 13.3 Å². The van der Waals surface area contributed by atoms with Gasteiger partial charge in [0.15, 0.2) is 17.3 Å². The molecular weight excluding hydrogens is 298 g/mol. The van der Waals surface area contributed by atoms with Gasteiger partial charge >= 0.3 is 5.97 Å². The van der Waals surface area contributed by atoms with Gasteiger partial charge in [-0.25, -0.2) is 4.79 Å². The smallest absolute Gasteiger partial charge is 0.341 e. The van der Waals surface area contributed by atoms with E-state index in [1.165, 1.54) is 14.2 Å². The lowest BCUT2D eigenvalue weighted by Crippen LogP contribution is -2.01. The molecule has 0 saturated heterocycles. The molecule has 0 aliphatic rings. The van der Waals surface area contributed by atoms with Gasteiger partial charge in [0.2, 0.25) is 0 Å². The van der Waals surface area contributed by atoms with Crippen molar-refractivity contribution < 1.29 is 23.9 Å². The molecule has 0 radical (unpaired) electrons. The molecular formula is C14H14ClNO5. The Morgan fingerprint density at radius 2 is 2.10 bits per heavy atom. The fraction of sp³-hybridized carbons (Fsp3) is 0.286. The number of benzene rings is 1. The number of aromatic nitrogens is 1. The maximum Gasteiger partial charge on any atom is 0.341 e. The van der Waals surface area contributed by atoms with Crippen molar-refractivity contribution in [3.63, 3.8) is 0 Å². The summed E-state index contributed by atoms with van der Waals surface area (Å²) in [6, 6.07) is 3.25. The van der Waals surface area contributed by atoms with Gasteiger partial charge in [0.25, 0.3) is 0 Å². The largest absolute Gasteiger partial charge is 0.493 e. The fourth-order valence-corrected chi connectivity index (χ4v) is 2.36. The number of ether oxygens (including phenoxy) is 2. The molecule has 6 nitrogen and oxygen atoms in total. The monoisotopic (exact) mass is 311 g/mol. The van der Waals surface area contributed by atoms with E-state index >= 15 is 0 Å². The van der Waals surface area contributed by atoms with Crippen LogP contribution >= 0.6 is 11.6 Å². The Kier molecular flexibility index (Phi) is 4.37. The molecule has 0 saturated carbocycles. The minimum Gasteiger partial charge on any atom is -0.493 e. The molecule has 0 atom stereocenters. The zero-order chi connectivity index (χ0) is 15.6. The predicted molar refractivity (Wildman–Crippen MR) is 76.4 cm³/mol. The van der Waals surface area contributed by atoms with E-state index in [9.17, 15) is 9.90 Å². The highest BCUT2D eigenvalue weighted by Gasteiger charge is 2.26. The topological polar surface area (TPSA) is 81.8 Å². The van der Waals surface area contributed by atoms with E-state index in [-0.39, 0.29) is 16.3 Å². The Balaban J connectivity index is 2.68. The van der Waals surface area contributed by atoms with Crippen molar-refractivity contribution in [3.05, 3.63) is 28.5 Å². The summed E-state index contributed by atoms with van der Waals surface area (Å²) in [4.78, 5) is 11.4. The molecule has 1 aromatic carbocycles. The molecule has 0 amide bonds.